The summed E-state index contributed by atoms with van der Waals surface area (Å²) in [7, 11) is 1.74. The van der Waals surface area contributed by atoms with Gasteiger partial charge in [0.05, 0.1) is 0 Å². The summed E-state index contributed by atoms with van der Waals surface area (Å²) in [4.78, 5) is 7.26. The molecule has 6 heteroatoms. The second-order valence-electron chi connectivity index (χ2n) is 6.20. The second-order valence-corrected chi connectivity index (χ2v) is 6.20. The monoisotopic (exact) mass is 424 g/mol. The van der Waals surface area contributed by atoms with Gasteiger partial charge in [-0.3, -0.25) is 9.89 Å². The molecule has 0 spiro atoms. The standard InChI is InChI=1S/C16H32N4O.HI/c1-3-17-16(18-9-4-12-21-2)19-10-11-20(15-7-8-15)13-14-5-6-14;/h14-15H,3-13H2,1-2H3,(H2,17,18,19);1H. The van der Waals surface area contributed by atoms with Crippen molar-refractivity contribution in [1.82, 2.24) is 15.5 Å². The number of ether oxygens (including phenoxy) is 1. The van der Waals surface area contributed by atoms with Gasteiger partial charge in [0.15, 0.2) is 5.96 Å². The van der Waals surface area contributed by atoms with Crippen LogP contribution in [0.15, 0.2) is 4.99 Å². The molecule has 0 bridgehead atoms. The van der Waals surface area contributed by atoms with E-state index in [4.69, 9.17) is 4.74 Å². The molecule has 0 aromatic rings. The highest BCUT2D eigenvalue weighted by Gasteiger charge is 2.33. The SMILES string of the molecule is CCNC(=NCCCOC)NCCN(CC1CC1)C1CC1.I. The van der Waals surface area contributed by atoms with Gasteiger partial charge in [-0.15, -0.1) is 24.0 Å². The Labute approximate surface area is 152 Å². The van der Waals surface area contributed by atoms with Crippen molar-refractivity contribution >= 4 is 29.9 Å². The average molecular weight is 424 g/mol. The Morgan fingerprint density at radius 1 is 1.23 bits per heavy atom. The Bertz CT molecular complexity index is 319. The van der Waals surface area contributed by atoms with Crippen molar-refractivity contribution in [2.75, 3.05) is 46.4 Å². The fourth-order valence-electron chi connectivity index (χ4n) is 2.55. The van der Waals surface area contributed by atoms with E-state index in [0.29, 0.717) is 0 Å². The third-order valence-corrected chi connectivity index (χ3v) is 4.07. The number of halogens is 1. The van der Waals surface area contributed by atoms with E-state index in [-0.39, 0.29) is 24.0 Å². The number of nitrogens with one attached hydrogen (secondary N) is 2. The smallest absolute Gasteiger partial charge is 0.191 e. The van der Waals surface area contributed by atoms with Gasteiger partial charge in [0, 0.05) is 52.5 Å². The Balaban J connectivity index is 0.00000242. The molecule has 2 fully saturated rings. The molecule has 0 atom stereocenters. The van der Waals surface area contributed by atoms with Crippen LogP contribution in [-0.2, 0) is 4.74 Å². The van der Waals surface area contributed by atoms with Crippen molar-refractivity contribution in [2.45, 2.75) is 45.1 Å². The fraction of sp³-hybridized carbons (Fsp3) is 0.938. The number of rotatable bonds is 11. The zero-order valence-electron chi connectivity index (χ0n) is 14.1. The Morgan fingerprint density at radius 3 is 2.59 bits per heavy atom. The number of hydrogen-bond acceptors (Lipinski definition) is 3. The summed E-state index contributed by atoms with van der Waals surface area (Å²) in [6.45, 7) is 8.05. The van der Waals surface area contributed by atoms with Gasteiger partial charge in [0.1, 0.15) is 0 Å². The molecule has 0 amide bonds. The normalized spacial score (nSPS) is 18.2. The van der Waals surface area contributed by atoms with Crippen LogP contribution in [0.25, 0.3) is 0 Å². The lowest BCUT2D eigenvalue weighted by Gasteiger charge is -2.22. The summed E-state index contributed by atoms with van der Waals surface area (Å²) in [5, 5.41) is 6.77. The minimum absolute atomic E-state index is 0. The molecule has 5 nitrogen and oxygen atoms in total. The lowest BCUT2D eigenvalue weighted by molar-refractivity contribution is 0.197. The quantitative estimate of drug-likeness (QED) is 0.231. The van der Waals surface area contributed by atoms with Crippen molar-refractivity contribution in [3.63, 3.8) is 0 Å². The third kappa shape index (κ3) is 8.53. The van der Waals surface area contributed by atoms with Gasteiger partial charge in [-0.05, 0) is 44.9 Å². The first-order chi connectivity index (χ1) is 10.3. The number of methoxy groups -OCH3 is 1. The van der Waals surface area contributed by atoms with E-state index in [1.165, 1.54) is 32.2 Å². The van der Waals surface area contributed by atoms with Crippen LogP contribution in [0.4, 0.5) is 0 Å². The Kier molecular flexibility index (Phi) is 10.4. The van der Waals surface area contributed by atoms with E-state index in [0.717, 1.165) is 57.1 Å². The van der Waals surface area contributed by atoms with Crippen molar-refractivity contribution in [3.8, 4) is 0 Å². The first kappa shape index (κ1) is 20.0. The fourth-order valence-corrected chi connectivity index (χ4v) is 2.55. The topological polar surface area (TPSA) is 48.9 Å². The maximum Gasteiger partial charge on any atom is 0.191 e. The highest BCUT2D eigenvalue weighted by Crippen LogP contribution is 2.34. The molecular weight excluding hydrogens is 391 g/mol. The van der Waals surface area contributed by atoms with Crippen LogP contribution in [0.3, 0.4) is 0 Å². The molecule has 0 aliphatic heterocycles. The van der Waals surface area contributed by atoms with E-state index < -0.39 is 0 Å². The summed E-state index contributed by atoms with van der Waals surface area (Å²) in [6, 6.07) is 0.869. The number of guanidine groups is 1. The van der Waals surface area contributed by atoms with Gasteiger partial charge in [-0.25, -0.2) is 0 Å². The summed E-state index contributed by atoms with van der Waals surface area (Å²) in [6.07, 6.45) is 6.67. The predicted molar refractivity (Wildman–Crippen MR) is 103 cm³/mol. The van der Waals surface area contributed by atoms with E-state index in [9.17, 15) is 0 Å². The van der Waals surface area contributed by atoms with Gasteiger partial charge in [0.2, 0.25) is 0 Å². The molecule has 22 heavy (non-hydrogen) atoms. The molecule has 2 aliphatic carbocycles. The first-order valence-electron chi connectivity index (χ1n) is 8.58. The maximum atomic E-state index is 5.06. The molecule has 2 aliphatic rings. The van der Waals surface area contributed by atoms with Gasteiger partial charge >= 0.3 is 0 Å². The van der Waals surface area contributed by atoms with Crippen LogP contribution in [0.1, 0.15) is 39.0 Å². The molecular formula is C16H33IN4O. The number of hydrogen-bond donors (Lipinski definition) is 2. The molecule has 0 unspecified atom stereocenters. The van der Waals surface area contributed by atoms with Gasteiger partial charge in [-0.1, -0.05) is 0 Å². The molecule has 0 heterocycles. The van der Waals surface area contributed by atoms with Crippen LogP contribution in [0.5, 0.6) is 0 Å². The predicted octanol–water partition coefficient (Wildman–Crippen LogP) is 2.07. The molecule has 2 rings (SSSR count). The van der Waals surface area contributed by atoms with Crippen molar-refractivity contribution in [1.29, 1.82) is 0 Å². The van der Waals surface area contributed by atoms with Crippen LogP contribution in [-0.4, -0.2) is 63.3 Å². The van der Waals surface area contributed by atoms with Crippen LogP contribution in [0.2, 0.25) is 0 Å². The summed E-state index contributed by atoms with van der Waals surface area (Å²) in [5.41, 5.74) is 0. The maximum absolute atomic E-state index is 5.06. The Morgan fingerprint density at radius 2 is 2.00 bits per heavy atom. The lowest BCUT2D eigenvalue weighted by Crippen LogP contribution is -2.42. The first-order valence-corrected chi connectivity index (χ1v) is 8.58. The number of nitrogens with zero attached hydrogens (tertiary/aromatic N) is 2. The van der Waals surface area contributed by atoms with E-state index in [1.54, 1.807) is 7.11 Å². The number of aliphatic imine (C=N–C) groups is 1. The van der Waals surface area contributed by atoms with Crippen molar-refractivity contribution < 1.29 is 4.74 Å². The van der Waals surface area contributed by atoms with Gasteiger partial charge in [-0.2, -0.15) is 0 Å². The second kappa shape index (κ2) is 11.5. The molecule has 0 radical (unpaired) electrons. The molecule has 2 saturated carbocycles. The highest BCUT2D eigenvalue weighted by atomic mass is 127. The highest BCUT2D eigenvalue weighted by molar-refractivity contribution is 14.0. The zero-order chi connectivity index (χ0) is 14.9. The lowest BCUT2D eigenvalue weighted by atomic mass is 10.3. The minimum atomic E-state index is 0. The van der Waals surface area contributed by atoms with Crippen molar-refractivity contribution in [2.24, 2.45) is 10.9 Å². The zero-order valence-corrected chi connectivity index (χ0v) is 16.5. The van der Waals surface area contributed by atoms with Gasteiger partial charge < -0.3 is 15.4 Å². The summed E-state index contributed by atoms with van der Waals surface area (Å²) >= 11 is 0. The molecule has 0 saturated heterocycles. The average Bonchev–Trinajstić information content (AvgIpc) is 3.36. The van der Waals surface area contributed by atoms with Crippen LogP contribution in [0, 0.1) is 5.92 Å². The van der Waals surface area contributed by atoms with E-state index >= 15 is 0 Å². The molecule has 130 valence electrons. The van der Waals surface area contributed by atoms with Gasteiger partial charge in [0.25, 0.3) is 0 Å². The minimum Gasteiger partial charge on any atom is -0.385 e. The molecule has 0 aromatic carbocycles. The summed E-state index contributed by atoms with van der Waals surface area (Å²) < 4.78 is 5.06. The summed E-state index contributed by atoms with van der Waals surface area (Å²) in [5.74, 6) is 1.93. The van der Waals surface area contributed by atoms with Crippen LogP contribution >= 0.6 is 24.0 Å². The van der Waals surface area contributed by atoms with Crippen LogP contribution < -0.4 is 10.6 Å². The Hall–Kier alpha value is -0.0800. The molecule has 2 N–H and O–H groups in total. The third-order valence-electron chi connectivity index (χ3n) is 4.07. The van der Waals surface area contributed by atoms with E-state index in [2.05, 4.69) is 27.4 Å². The van der Waals surface area contributed by atoms with Crippen molar-refractivity contribution in [3.05, 3.63) is 0 Å². The molecule has 0 aromatic heterocycles. The van der Waals surface area contributed by atoms with E-state index in [1.807, 2.05) is 0 Å². The largest absolute Gasteiger partial charge is 0.385 e.